The molecule has 1 heterocycles. The predicted molar refractivity (Wildman–Crippen MR) is 104 cm³/mol. The minimum Gasteiger partial charge on any atom is -0.491 e. The van der Waals surface area contributed by atoms with Crippen molar-refractivity contribution >= 4 is 11.6 Å². The lowest BCUT2D eigenvalue weighted by Crippen LogP contribution is -2.37. The summed E-state index contributed by atoms with van der Waals surface area (Å²) in [6.07, 6.45) is -0.192. The largest absolute Gasteiger partial charge is 0.491 e. The van der Waals surface area contributed by atoms with E-state index in [2.05, 4.69) is 10.3 Å². The van der Waals surface area contributed by atoms with Gasteiger partial charge in [0.2, 0.25) is 0 Å². The summed E-state index contributed by atoms with van der Waals surface area (Å²) < 4.78 is 45.8. The Kier molecular flexibility index (Phi) is 6.23. The van der Waals surface area contributed by atoms with Crippen LogP contribution in [0.4, 0.5) is 18.9 Å². The third-order valence-electron chi connectivity index (χ3n) is 4.28. The van der Waals surface area contributed by atoms with Gasteiger partial charge >= 0.3 is 6.18 Å². The monoisotopic (exact) mass is 434 g/mol. The number of halogens is 3. The third kappa shape index (κ3) is 5.18. The van der Waals surface area contributed by atoms with E-state index in [4.69, 9.17) is 4.74 Å². The van der Waals surface area contributed by atoms with E-state index >= 15 is 0 Å². The number of hydrogen-bond acceptors (Lipinski definition) is 5. The number of amides is 1. The summed E-state index contributed by atoms with van der Waals surface area (Å²) in [4.78, 5) is 27.1. The van der Waals surface area contributed by atoms with Crippen LogP contribution in [0.1, 0.15) is 22.8 Å². The van der Waals surface area contributed by atoms with Crippen LogP contribution >= 0.6 is 0 Å². The fourth-order valence-electron chi connectivity index (χ4n) is 2.82. The maximum Gasteiger partial charge on any atom is 0.419 e. The van der Waals surface area contributed by atoms with Crippen LogP contribution < -0.4 is 10.1 Å². The maximum atomic E-state index is 13.0. The van der Waals surface area contributed by atoms with Crippen LogP contribution in [0.3, 0.4) is 0 Å². The average Bonchev–Trinajstić information content (AvgIpc) is 3.26. The van der Waals surface area contributed by atoms with Crippen molar-refractivity contribution in [3.8, 4) is 11.4 Å². The first-order chi connectivity index (χ1) is 14.7. The molecule has 0 fully saturated rings. The van der Waals surface area contributed by atoms with Gasteiger partial charge in [-0.3, -0.25) is 14.9 Å². The molecule has 1 amide bonds. The van der Waals surface area contributed by atoms with E-state index < -0.39 is 28.6 Å². The van der Waals surface area contributed by atoms with E-state index in [-0.39, 0.29) is 29.3 Å². The molecule has 11 heteroatoms. The van der Waals surface area contributed by atoms with Crippen LogP contribution in [-0.2, 0) is 6.18 Å². The summed E-state index contributed by atoms with van der Waals surface area (Å²) in [6.45, 7) is 1.32. The first-order valence-corrected chi connectivity index (χ1v) is 9.03. The molecular weight excluding hydrogens is 417 g/mol. The van der Waals surface area contributed by atoms with Gasteiger partial charge in [0.1, 0.15) is 18.0 Å². The standard InChI is InChI=1S/C20H17F3N4O4/c1-13(11-31-18-5-3-2-4-15(18)20(21,22)23)25-19(28)14-6-7-16(17(10-14)27(29)30)26-9-8-24-12-26/h2-10,12-13H,11H2,1H3,(H,25,28). The highest BCUT2D eigenvalue weighted by molar-refractivity contribution is 5.95. The second-order valence-electron chi connectivity index (χ2n) is 6.61. The van der Waals surface area contributed by atoms with E-state index in [0.717, 1.165) is 12.1 Å². The molecule has 31 heavy (non-hydrogen) atoms. The van der Waals surface area contributed by atoms with E-state index in [0.29, 0.717) is 0 Å². The van der Waals surface area contributed by atoms with Gasteiger partial charge in [0.25, 0.3) is 11.6 Å². The number of carbonyl (C=O) groups excluding carboxylic acids is 1. The minimum atomic E-state index is -4.57. The van der Waals surface area contributed by atoms with Crippen LogP contribution in [0.5, 0.6) is 5.75 Å². The molecular formula is C20H17F3N4O4. The third-order valence-corrected chi connectivity index (χ3v) is 4.28. The Labute approximate surface area is 174 Å². The van der Waals surface area contributed by atoms with Gasteiger partial charge in [0.05, 0.1) is 22.9 Å². The van der Waals surface area contributed by atoms with Crippen molar-refractivity contribution in [1.82, 2.24) is 14.9 Å². The Morgan fingerprint density at radius 1 is 1.29 bits per heavy atom. The quantitative estimate of drug-likeness (QED) is 0.448. The van der Waals surface area contributed by atoms with Crippen LogP contribution in [-0.4, -0.2) is 33.0 Å². The molecule has 3 aromatic rings. The van der Waals surface area contributed by atoms with Gasteiger partial charge < -0.3 is 14.6 Å². The van der Waals surface area contributed by atoms with Crippen LogP contribution in [0.2, 0.25) is 0 Å². The summed E-state index contributed by atoms with van der Waals surface area (Å²) in [5.74, 6) is -0.975. The molecule has 0 spiro atoms. The highest BCUT2D eigenvalue weighted by Crippen LogP contribution is 2.35. The van der Waals surface area contributed by atoms with Gasteiger partial charge in [-0.05, 0) is 31.2 Å². The smallest absolute Gasteiger partial charge is 0.419 e. The Morgan fingerprint density at radius 3 is 2.68 bits per heavy atom. The van der Waals surface area contributed by atoms with E-state index in [1.54, 1.807) is 6.92 Å². The van der Waals surface area contributed by atoms with Crippen LogP contribution in [0, 0.1) is 10.1 Å². The van der Waals surface area contributed by atoms with E-state index in [1.807, 2.05) is 0 Å². The van der Waals surface area contributed by atoms with Gasteiger partial charge in [-0.15, -0.1) is 0 Å². The van der Waals surface area contributed by atoms with Gasteiger partial charge in [-0.1, -0.05) is 12.1 Å². The molecule has 0 bridgehead atoms. The number of ether oxygens (including phenoxy) is 1. The van der Waals surface area contributed by atoms with E-state index in [1.165, 1.54) is 53.6 Å². The maximum absolute atomic E-state index is 13.0. The number of carbonyl (C=O) groups is 1. The van der Waals surface area contributed by atoms with Crippen molar-refractivity contribution < 1.29 is 27.6 Å². The van der Waals surface area contributed by atoms with Gasteiger partial charge in [-0.2, -0.15) is 13.2 Å². The van der Waals surface area contributed by atoms with Crippen LogP contribution in [0.15, 0.2) is 61.2 Å². The Bertz CT molecular complexity index is 1080. The van der Waals surface area contributed by atoms with E-state index in [9.17, 15) is 28.1 Å². The molecule has 0 saturated heterocycles. The number of para-hydroxylation sites is 1. The number of rotatable bonds is 7. The number of nitrogens with zero attached hydrogens (tertiary/aromatic N) is 3. The first kappa shape index (κ1) is 21.8. The number of nitrogens with one attached hydrogen (secondary N) is 1. The molecule has 0 aliphatic heterocycles. The van der Waals surface area contributed by atoms with Crippen LogP contribution in [0.25, 0.3) is 5.69 Å². The molecule has 1 unspecified atom stereocenters. The molecule has 3 rings (SSSR count). The summed E-state index contributed by atoms with van der Waals surface area (Å²) in [5.41, 5.74) is -0.954. The molecule has 162 valence electrons. The lowest BCUT2D eigenvalue weighted by Gasteiger charge is -2.18. The SMILES string of the molecule is CC(COc1ccccc1C(F)(F)F)NC(=O)c1ccc(-n2ccnc2)c([N+](=O)[O-])c1. The summed E-state index contributed by atoms with van der Waals surface area (Å²) in [6, 6.07) is 8.03. The Balaban J connectivity index is 1.69. The molecule has 1 atom stereocenters. The minimum absolute atomic E-state index is 0.0260. The molecule has 2 aromatic carbocycles. The second-order valence-corrected chi connectivity index (χ2v) is 6.61. The van der Waals surface area contributed by atoms with Crippen molar-refractivity contribution in [3.63, 3.8) is 0 Å². The second kappa shape index (κ2) is 8.86. The number of nitro groups is 1. The topological polar surface area (TPSA) is 99.3 Å². The molecule has 8 nitrogen and oxygen atoms in total. The molecule has 1 aromatic heterocycles. The Hall–Kier alpha value is -3.89. The van der Waals surface area contributed by atoms with Crippen molar-refractivity contribution in [2.45, 2.75) is 19.1 Å². The molecule has 1 N–H and O–H groups in total. The summed E-state index contributed by atoms with van der Waals surface area (Å²) >= 11 is 0. The summed E-state index contributed by atoms with van der Waals surface area (Å²) in [5, 5.41) is 14.0. The average molecular weight is 434 g/mol. The lowest BCUT2D eigenvalue weighted by molar-refractivity contribution is -0.384. The normalized spacial score (nSPS) is 12.3. The predicted octanol–water partition coefficient (Wildman–Crippen LogP) is 4.00. The number of imidazole rings is 1. The zero-order valence-electron chi connectivity index (χ0n) is 16.2. The number of alkyl halides is 3. The van der Waals surface area contributed by atoms with Gasteiger partial charge in [0, 0.05) is 24.0 Å². The molecule has 0 radical (unpaired) electrons. The number of aromatic nitrogens is 2. The number of benzene rings is 2. The zero-order valence-corrected chi connectivity index (χ0v) is 16.2. The summed E-state index contributed by atoms with van der Waals surface area (Å²) in [7, 11) is 0. The molecule has 0 saturated carbocycles. The highest BCUT2D eigenvalue weighted by atomic mass is 19.4. The lowest BCUT2D eigenvalue weighted by atomic mass is 10.1. The zero-order chi connectivity index (χ0) is 22.6. The molecule has 0 aliphatic rings. The van der Waals surface area contributed by atoms with Crippen molar-refractivity contribution in [2.24, 2.45) is 0 Å². The fourth-order valence-corrected chi connectivity index (χ4v) is 2.82. The molecule has 0 aliphatic carbocycles. The van der Waals surface area contributed by atoms with Crippen molar-refractivity contribution in [1.29, 1.82) is 0 Å². The van der Waals surface area contributed by atoms with Gasteiger partial charge in [-0.25, -0.2) is 4.98 Å². The van der Waals surface area contributed by atoms with Crippen molar-refractivity contribution in [3.05, 3.63) is 82.4 Å². The fraction of sp³-hybridized carbons (Fsp3) is 0.200. The Morgan fingerprint density at radius 2 is 2.03 bits per heavy atom. The first-order valence-electron chi connectivity index (χ1n) is 9.03. The van der Waals surface area contributed by atoms with Gasteiger partial charge in [0.15, 0.2) is 0 Å². The van der Waals surface area contributed by atoms with Crippen molar-refractivity contribution in [2.75, 3.05) is 6.61 Å². The highest BCUT2D eigenvalue weighted by Gasteiger charge is 2.34. The number of hydrogen-bond donors (Lipinski definition) is 1. The number of nitro benzene ring substituents is 1.